The number of ether oxygens (including phenoxy) is 1. The highest BCUT2D eigenvalue weighted by Crippen LogP contribution is 2.38. The maximum Gasteiger partial charge on any atom is 0.210 e. The SMILES string of the molecule is C/C=C\C.CC.CC.CCCN(CCC)CCCOc1ccc(C2c3[nH]c4ccc(O)cc4c3CCN2C=O)cc1. The van der Waals surface area contributed by atoms with E-state index in [1.807, 2.05) is 76.8 Å². The monoisotopic (exact) mass is 565 g/mol. The number of H-pyrrole nitrogens is 1. The Hall–Kier alpha value is -3.25. The van der Waals surface area contributed by atoms with E-state index in [0.29, 0.717) is 13.2 Å². The van der Waals surface area contributed by atoms with Crippen LogP contribution in [0.3, 0.4) is 0 Å². The molecule has 0 saturated carbocycles. The van der Waals surface area contributed by atoms with Gasteiger partial charge in [-0.3, -0.25) is 4.79 Å². The molecule has 3 aromatic rings. The Bertz CT molecular complexity index is 1130. The fourth-order valence-electron chi connectivity index (χ4n) is 4.96. The number of allylic oxidation sites excluding steroid dienone is 2. The van der Waals surface area contributed by atoms with Gasteiger partial charge in [0.25, 0.3) is 0 Å². The summed E-state index contributed by atoms with van der Waals surface area (Å²) < 4.78 is 5.99. The van der Waals surface area contributed by atoms with Crippen molar-refractivity contribution in [2.45, 2.75) is 87.1 Å². The van der Waals surface area contributed by atoms with Crippen LogP contribution in [0.4, 0.5) is 0 Å². The van der Waals surface area contributed by atoms with Crippen molar-refractivity contribution in [1.29, 1.82) is 0 Å². The Morgan fingerprint density at radius 1 is 0.976 bits per heavy atom. The van der Waals surface area contributed by atoms with Crippen molar-refractivity contribution in [1.82, 2.24) is 14.8 Å². The van der Waals surface area contributed by atoms with E-state index in [4.69, 9.17) is 4.74 Å². The number of nitrogens with one attached hydrogen (secondary N) is 1. The van der Waals surface area contributed by atoms with E-state index in [1.54, 1.807) is 12.1 Å². The largest absolute Gasteiger partial charge is 0.508 e. The van der Waals surface area contributed by atoms with Gasteiger partial charge in [0.15, 0.2) is 0 Å². The number of aromatic nitrogens is 1. The average Bonchev–Trinajstić information content (AvgIpc) is 3.39. The highest BCUT2D eigenvalue weighted by molar-refractivity contribution is 5.87. The number of phenols is 1. The minimum Gasteiger partial charge on any atom is -0.508 e. The lowest BCUT2D eigenvalue weighted by Gasteiger charge is -2.33. The third-order valence-corrected chi connectivity index (χ3v) is 6.78. The summed E-state index contributed by atoms with van der Waals surface area (Å²) in [7, 11) is 0. The molecule has 0 spiro atoms. The number of aromatic amines is 1. The van der Waals surface area contributed by atoms with E-state index in [9.17, 15) is 9.90 Å². The second-order valence-electron chi connectivity index (χ2n) is 9.52. The highest BCUT2D eigenvalue weighted by Gasteiger charge is 2.31. The minimum atomic E-state index is -0.175. The van der Waals surface area contributed by atoms with E-state index in [1.165, 1.54) is 18.4 Å². The van der Waals surface area contributed by atoms with Crippen molar-refractivity contribution in [3.05, 3.63) is 71.4 Å². The van der Waals surface area contributed by atoms with E-state index in [-0.39, 0.29) is 11.8 Å². The van der Waals surface area contributed by atoms with Crippen molar-refractivity contribution in [2.75, 3.05) is 32.8 Å². The first-order chi connectivity index (χ1) is 20.1. The molecule has 0 saturated heterocycles. The number of aromatic hydroxyl groups is 1. The van der Waals surface area contributed by atoms with Crippen LogP contribution in [-0.2, 0) is 11.2 Å². The number of benzene rings is 2. The van der Waals surface area contributed by atoms with Crippen LogP contribution in [0.15, 0.2) is 54.6 Å². The summed E-state index contributed by atoms with van der Waals surface area (Å²) in [5.74, 6) is 1.11. The summed E-state index contributed by atoms with van der Waals surface area (Å²) >= 11 is 0. The summed E-state index contributed by atoms with van der Waals surface area (Å²) in [4.78, 5) is 19.7. The second-order valence-corrected chi connectivity index (χ2v) is 9.52. The van der Waals surface area contributed by atoms with Gasteiger partial charge in [0.05, 0.1) is 12.6 Å². The molecule has 6 heteroatoms. The van der Waals surface area contributed by atoms with Crippen LogP contribution < -0.4 is 4.74 Å². The van der Waals surface area contributed by atoms with Gasteiger partial charge in [-0.25, -0.2) is 0 Å². The van der Waals surface area contributed by atoms with Crippen LogP contribution >= 0.6 is 0 Å². The van der Waals surface area contributed by atoms with Gasteiger partial charge in [0.1, 0.15) is 11.5 Å². The molecule has 228 valence electrons. The smallest absolute Gasteiger partial charge is 0.210 e. The van der Waals surface area contributed by atoms with E-state index < -0.39 is 0 Å². The first-order valence-corrected chi connectivity index (χ1v) is 15.6. The third-order valence-electron chi connectivity index (χ3n) is 6.78. The molecule has 0 aliphatic carbocycles. The second kappa shape index (κ2) is 20.6. The predicted octanol–water partition coefficient (Wildman–Crippen LogP) is 8.50. The molecular weight excluding hydrogens is 510 g/mol. The lowest BCUT2D eigenvalue weighted by atomic mass is 9.93. The van der Waals surface area contributed by atoms with Crippen LogP contribution in [0.5, 0.6) is 11.5 Å². The van der Waals surface area contributed by atoms with Crippen LogP contribution in [0.1, 0.15) is 97.5 Å². The van der Waals surface area contributed by atoms with Crippen molar-refractivity contribution in [3.8, 4) is 11.5 Å². The molecule has 1 atom stereocenters. The van der Waals surface area contributed by atoms with Gasteiger partial charge >= 0.3 is 0 Å². The molecule has 0 fully saturated rings. The molecule has 41 heavy (non-hydrogen) atoms. The molecule has 0 radical (unpaired) electrons. The van der Waals surface area contributed by atoms with Gasteiger partial charge in [0, 0.05) is 29.7 Å². The lowest BCUT2D eigenvalue weighted by Crippen LogP contribution is -2.34. The van der Waals surface area contributed by atoms with Crippen LogP contribution in [0.25, 0.3) is 10.9 Å². The molecule has 0 bridgehead atoms. The molecule has 2 heterocycles. The number of carbonyl (C=O) groups excluding carboxylic acids is 1. The molecule has 1 unspecified atom stereocenters. The van der Waals surface area contributed by atoms with Crippen molar-refractivity contribution in [3.63, 3.8) is 0 Å². The number of phenolic OH excluding ortho intramolecular Hbond substituents is 1. The number of amides is 1. The fourth-order valence-corrected chi connectivity index (χ4v) is 4.96. The number of hydrogen-bond acceptors (Lipinski definition) is 4. The number of hydrogen-bond donors (Lipinski definition) is 2. The summed E-state index contributed by atoms with van der Waals surface area (Å²) in [5.41, 5.74) is 4.22. The van der Waals surface area contributed by atoms with Gasteiger partial charge in [-0.15, -0.1) is 0 Å². The Labute approximate surface area is 249 Å². The molecular formula is C35H55N3O3. The zero-order valence-electron chi connectivity index (χ0n) is 26.9. The summed E-state index contributed by atoms with van der Waals surface area (Å²) in [6.07, 6.45) is 9.07. The molecule has 6 nitrogen and oxygen atoms in total. The van der Waals surface area contributed by atoms with E-state index in [2.05, 4.69) is 35.9 Å². The number of fused-ring (bicyclic) bond motifs is 3. The number of rotatable bonds is 11. The standard InChI is InChI=1S/C27H35N3O3.C4H8.2C2H6/c1-3-13-29(14-4-2)15-5-17-33-22-9-6-20(7-10-22)27-26-23(12-16-30(27)19-31)24-18-21(32)8-11-25(24)28-26;1-3-4-2;2*1-2/h6-11,18-19,27-28,32H,3-5,12-17H2,1-2H3;3-4H,1-2H3;2*1-2H3/b;4-3-;;. The zero-order valence-corrected chi connectivity index (χ0v) is 26.9. The molecule has 1 aliphatic rings. The molecule has 2 N–H and O–H groups in total. The third kappa shape index (κ3) is 10.6. The first-order valence-electron chi connectivity index (χ1n) is 15.6. The number of carbonyl (C=O) groups is 1. The molecule has 1 aliphatic heterocycles. The Kier molecular flexibility index (Phi) is 18.0. The first kappa shape index (κ1) is 35.8. The summed E-state index contributed by atoms with van der Waals surface area (Å²) in [6.45, 7) is 21.1. The van der Waals surface area contributed by atoms with Gasteiger partial charge < -0.3 is 24.6 Å². The van der Waals surface area contributed by atoms with Crippen LogP contribution in [0.2, 0.25) is 0 Å². The summed E-state index contributed by atoms with van der Waals surface area (Å²) in [6, 6.07) is 13.3. The van der Waals surface area contributed by atoms with Gasteiger partial charge in [-0.1, -0.05) is 65.8 Å². The van der Waals surface area contributed by atoms with Crippen molar-refractivity contribution >= 4 is 17.3 Å². The maximum absolute atomic E-state index is 11.9. The normalized spacial score (nSPS) is 13.9. The van der Waals surface area contributed by atoms with E-state index in [0.717, 1.165) is 66.8 Å². The molecule has 2 aromatic carbocycles. The quantitative estimate of drug-likeness (QED) is 0.139. The van der Waals surface area contributed by atoms with E-state index >= 15 is 0 Å². The maximum atomic E-state index is 11.9. The van der Waals surface area contributed by atoms with Gasteiger partial charge in [-0.2, -0.15) is 0 Å². The molecule has 1 aromatic heterocycles. The zero-order chi connectivity index (χ0) is 30.6. The Morgan fingerprint density at radius 3 is 2.17 bits per heavy atom. The Balaban J connectivity index is 0.000000950. The Morgan fingerprint density at radius 2 is 1.61 bits per heavy atom. The van der Waals surface area contributed by atoms with Crippen LogP contribution in [0, 0.1) is 0 Å². The average molecular weight is 566 g/mol. The minimum absolute atomic E-state index is 0.175. The number of nitrogens with zero attached hydrogens (tertiary/aromatic N) is 2. The van der Waals surface area contributed by atoms with Gasteiger partial charge in [-0.05, 0) is 94.1 Å². The lowest BCUT2D eigenvalue weighted by molar-refractivity contribution is -0.120. The van der Waals surface area contributed by atoms with Crippen molar-refractivity contribution < 1.29 is 14.6 Å². The molecule has 1 amide bonds. The topological polar surface area (TPSA) is 68.8 Å². The molecule has 4 rings (SSSR count). The highest BCUT2D eigenvalue weighted by atomic mass is 16.5. The van der Waals surface area contributed by atoms with Crippen LogP contribution in [-0.4, -0.2) is 59.1 Å². The van der Waals surface area contributed by atoms with Gasteiger partial charge in [0.2, 0.25) is 6.41 Å². The predicted molar refractivity (Wildman–Crippen MR) is 175 cm³/mol. The van der Waals surface area contributed by atoms with Crippen molar-refractivity contribution in [2.24, 2.45) is 0 Å². The fraction of sp³-hybridized carbons (Fsp3) is 0.514. The summed E-state index contributed by atoms with van der Waals surface area (Å²) in [5, 5.41) is 11.0.